The maximum Gasteiger partial charge on any atom is 0.323 e. The molecule has 10 heavy (non-hydrogen) atoms. The average Bonchev–Trinajstić information content (AvgIpc) is 1.89. The van der Waals surface area contributed by atoms with E-state index in [9.17, 15) is 9.18 Å². The van der Waals surface area contributed by atoms with Crippen molar-refractivity contribution in [1.82, 2.24) is 5.32 Å². The summed E-state index contributed by atoms with van der Waals surface area (Å²) >= 11 is 0. The van der Waals surface area contributed by atoms with Gasteiger partial charge in [0.15, 0.2) is 0 Å². The van der Waals surface area contributed by atoms with E-state index in [0.29, 0.717) is 0 Å². The molecule has 0 saturated heterocycles. The van der Waals surface area contributed by atoms with Crippen LogP contribution in [-0.4, -0.2) is 30.3 Å². The van der Waals surface area contributed by atoms with Crippen molar-refractivity contribution in [3.05, 3.63) is 0 Å². The van der Waals surface area contributed by atoms with E-state index < -0.39 is 18.7 Å². The molecule has 0 radical (unpaired) electrons. The van der Waals surface area contributed by atoms with Crippen molar-refractivity contribution >= 4 is 5.97 Å². The van der Waals surface area contributed by atoms with Gasteiger partial charge in [0.05, 0.1) is 6.54 Å². The van der Waals surface area contributed by atoms with Gasteiger partial charge in [-0.1, -0.05) is 5.92 Å². The Hall–Kier alpha value is -1.08. The monoisotopic (exact) mass is 144 g/mol. The molecule has 0 amide bonds. The molecule has 0 heterocycles. The number of carboxylic acids is 1. The van der Waals surface area contributed by atoms with Crippen LogP contribution >= 0.6 is 0 Å². The van der Waals surface area contributed by atoms with Crippen LogP contribution in [0.15, 0.2) is 0 Å². The summed E-state index contributed by atoms with van der Waals surface area (Å²) in [5.41, 5.74) is 0. The second-order valence-corrected chi connectivity index (χ2v) is 1.63. The maximum atomic E-state index is 11.7. The van der Waals surface area contributed by atoms with Crippen molar-refractivity contribution in [1.29, 1.82) is 0 Å². The van der Waals surface area contributed by atoms with Crippen LogP contribution in [0, 0.1) is 12.3 Å². The van der Waals surface area contributed by atoms with Gasteiger partial charge in [-0.15, -0.1) is 6.42 Å². The van der Waals surface area contributed by atoms with Crippen molar-refractivity contribution in [2.45, 2.75) is 6.04 Å². The van der Waals surface area contributed by atoms with Gasteiger partial charge >= 0.3 is 5.97 Å². The first kappa shape index (κ1) is 8.92. The van der Waals surface area contributed by atoms with Crippen LogP contribution in [0.3, 0.4) is 0 Å². The number of carbonyl (C=O) groups is 1. The largest absolute Gasteiger partial charge is 0.480 e. The lowest BCUT2D eigenvalue weighted by atomic mass is 10.3. The van der Waals surface area contributed by atoms with E-state index in [4.69, 9.17) is 11.5 Å². The fourth-order valence-corrected chi connectivity index (χ4v) is 0.390. The second kappa shape index (κ2) is 4.77. The first-order valence-electron chi connectivity index (χ1n) is 2.68. The van der Waals surface area contributed by atoms with Crippen LogP contribution in [0.2, 0.25) is 0 Å². The van der Waals surface area contributed by atoms with Gasteiger partial charge in [-0.25, -0.2) is 4.39 Å². The molecule has 0 fully saturated rings. The Bertz CT molecular complexity index is 152. The first-order chi connectivity index (χ1) is 4.72. The fourth-order valence-electron chi connectivity index (χ4n) is 0.390. The normalized spacial score (nSPS) is 12.0. The molecule has 0 bridgehead atoms. The minimum absolute atomic E-state index is 0.0703. The number of terminal acetylenes is 1. The van der Waals surface area contributed by atoms with Crippen molar-refractivity contribution in [3.8, 4) is 12.3 Å². The standard InChI is InChI=1S/C6H8FNO2/c1-2-3-8-5(4-7)6(9)10/h1,5,8H,3-4H2,(H,9,10)/i7-1. The molecule has 0 aromatic carbocycles. The van der Waals surface area contributed by atoms with Crippen molar-refractivity contribution < 1.29 is 14.3 Å². The molecular weight excluding hydrogens is 136 g/mol. The van der Waals surface area contributed by atoms with Crippen LogP contribution in [0.25, 0.3) is 0 Å². The zero-order valence-electron chi connectivity index (χ0n) is 5.30. The highest BCUT2D eigenvalue weighted by Crippen LogP contribution is 1.83. The Morgan fingerprint density at radius 1 is 1.90 bits per heavy atom. The molecule has 0 spiro atoms. The Balaban J connectivity index is 3.63. The summed E-state index contributed by atoms with van der Waals surface area (Å²) in [5, 5.41) is 10.5. The number of hydrogen-bond acceptors (Lipinski definition) is 2. The molecule has 56 valence electrons. The molecule has 0 aliphatic heterocycles. The average molecular weight is 144 g/mol. The third-order valence-electron chi connectivity index (χ3n) is 0.903. The van der Waals surface area contributed by atoms with Gasteiger partial charge in [0.2, 0.25) is 0 Å². The number of aliphatic carboxylic acids is 1. The van der Waals surface area contributed by atoms with Crippen LogP contribution in [0.1, 0.15) is 0 Å². The van der Waals surface area contributed by atoms with Gasteiger partial charge in [0, 0.05) is 0 Å². The quantitative estimate of drug-likeness (QED) is 0.529. The van der Waals surface area contributed by atoms with Crippen LogP contribution in [0.4, 0.5) is 4.39 Å². The zero-order valence-corrected chi connectivity index (χ0v) is 5.30. The molecule has 1 unspecified atom stereocenters. The Kier molecular flexibility index (Phi) is 4.25. The summed E-state index contributed by atoms with van der Waals surface area (Å²) in [5.74, 6) is 0.922. The molecule has 0 aliphatic carbocycles. The Morgan fingerprint density at radius 2 is 2.50 bits per heavy atom. The van der Waals surface area contributed by atoms with Gasteiger partial charge in [-0.05, 0) is 0 Å². The van der Waals surface area contributed by atoms with E-state index in [1.807, 2.05) is 0 Å². The lowest BCUT2D eigenvalue weighted by Gasteiger charge is -2.05. The van der Waals surface area contributed by atoms with E-state index in [-0.39, 0.29) is 6.54 Å². The van der Waals surface area contributed by atoms with Gasteiger partial charge < -0.3 is 5.11 Å². The van der Waals surface area contributed by atoms with Crippen molar-refractivity contribution in [2.24, 2.45) is 0 Å². The first-order valence-corrected chi connectivity index (χ1v) is 2.68. The molecule has 2 N–H and O–H groups in total. The molecule has 0 aliphatic rings. The number of halogens is 1. The molecule has 1 atom stereocenters. The van der Waals surface area contributed by atoms with E-state index in [2.05, 4.69) is 11.2 Å². The van der Waals surface area contributed by atoms with Crippen LogP contribution < -0.4 is 5.32 Å². The van der Waals surface area contributed by atoms with E-state index in [1.54, 1.807) is 0 Å². The van der Waals surface area contributed by atoms with Crippen LogP contribution in [-0.2, 0) is 4.79 Å². The summed E-state index contributed by atoms with van der Waals surface area (Å²) < 4.78 is 11.7. The third kappa shape index (κ3) is 3.05. The molecular formula is C6H8FNO2. The van der Waals surface area contributed by atoms with E-state index in [0.717, 1.165) is 0 Å². The molecule has 3 nitrogen and oxygen atoms in total. The SMILES string of the molecule is C#CCNC(C[18F])C(=O)O. The van der Waals surface area contributed by atoms with Crippen molar-refractivity contribution in [3.63, 3.8) is 0 Å². The summed E-state index contributed by atoms with van der Waals surface area (Å²) in [6, 6.07) is -1.17. The highest BCUT2D eigenvalue weighted by Gasteiger charge is 2.14. The second-order valence-electron chi connectivity index (χ2n) is 1.63. The summed E-state index contributed by atoms with van der Waals surface area (Å²) in [6.07, 6.45) is 4.80. The van der Waals surface area contributed by atoms with Gasteiger partial charge in [0.1, 0.15) is 12.7 Å². The van der Waals surface area contributed by atoms with Gasteiger partial charge in [-0.3, -0.25) is 10.1 Å². The van der Waals surface area contributed by atoms with Crippen molar-refractivity contribution in [2.75, 3.05) is 13.2 Å². The number of rotatable bonds is 4. The lowest BCUT2D eigenvalue weighted by Crippen LogP contribution is -2.38. The zero-order chi connectivity index (χ0) is 7.98. The van der Waals surface area contributed by atoms with Gasteiger partial charge in [-0.2, -0.15) is 0 Å². The van der Waals surface area contributed by atoms with Crippen LogP contribution in [0.5, 0.6) is 0 Å². The molecule has 0 aromatic rings. The Labute approximate surface area is 58.2 Å². The summed E-state index contributed by atoms with van der Waals surface area (Å²) in [7, 11) is 0. The summed E-state index contributed by atoms with van der Waals surface area (Å²) in [6.45, 7) is -0.877. The van der Waals surface area contributed by atoms with Gasteiger partial charge in [0.25, 0.3) is 0 Å². The molecule has 0 aromatic heterocycles. The lowest BCUT2D eigenvalue weighted by molar-refractivity contribution is -0.139. The smallest absolute Gasteiger partial charge is 0.323 e. The predicted octanol–water partition coefficient (Wildman–Crippen LogP) is -0.368. The molecule has 0 rings (SSSR count). The minimum Gasteiger partial charge on any atom is -0.480 e. The highest BCUT2D eigenvalue weighted by molar-refractivity contribution is 5.73. The number of carboxylic acid groups (broad SMARTS) is 1. The third-order valence-corrected chi connectivity index (χ3v) is 0.903. The number of alkyl halides is 1. The predicted molar refractivity (Wildman–Crippen MR) is 34.2 cm³/mol. The fraction of sp³-hybridized carbons (Fsp3) is 0.500. The number of nitrogens with one attached hydrogen (secondary N) is 1. The highest BCUT2D eigenvalue weighted by atomic mass is 18.2. The topological polar surface area (TPSA) is 49.3 Å². The summed E-state index contributed by atoms with van der Waals surface area (Å²) in [4.78, 5) is 10.1. The van der Waals surface area contributed by atoms with E-state index >= 15 is 0 Å². The van der Waals surface area contributed by atoms with E-state index in [1.165, 1.54) is 0 Å². The minimum atomic E-state index is -1.22. The maximum absolute atomic E-state index is 11.7. The Morgan fingerprint density at radius 3 is 2.80 bits per heavy atom. The molecule has 0 saturated carbocycles. The number of hydrogen-bond donors (Lipinski definition) is 2. The molecule has 4 heteroatoms.